The normalized spacial score (nSPS) is 12.8. The molecule has 0 spiro atoms. The number of allylic oxidation sites excluding steroid dienone is 4. The van der Waals surface area contributed by atoms with E-state index in [0.717, 1.165) is 11.1 Å². The van der Waals surface area contributed by atoms with Crippen LogP contribution in [0.3, 0.4) is 0 Å². The highest BCUT2D eigenvalue weighted by atomic mass is 16.6. The molecule has 4 rings (SSSR count). The van der Waals surface area contributed by atoms with Gasteiger partial charge in [0.2, 0.25) is 0 Å². The highest BCUT2D eigenvalue weighted by Crippen LogP contribution is 2.36. The van der Waals surface area contributed by atoms with E-state index in [0.29, 0.717) is 17.1 Å². The van der Waals surface area contributed by atoms with Crippen molar-refractivity contribution in [3.05, 3.63) is 129 Å². The van der Waals surface area contributed by atoms with Crippen molar-refractivity contribution >= 4 is 22.8 Å². The molecule has 0 radical (unpaired) electrons. The fraction of sp³-hybridized carbons (Fsp3) is 0. The zero-order valence-corrected chi connectivity index (χ0v) is 15.9. The first-order chi connectivity index (χ1) is 14.7. The monoisotopic (exact) mass is 392 g/mol. The second-order valence-corrected chi connectivity index (χ2v) is 6.57. The van der Waals surface area contributed by atoms with Crippen LogP contribution in [0.15, 0.2) is 103 Å². The molecule has 3 aromatic carbocycles. The van der Waals surface area contributed by atoms with Crippen molar-refractivity contribution in [3.63, 3.8) is 0 Å². The lowest BCUT2D eigenvalue weighted by Crippen LogP contribution is -2.02. The summed E-state index contributed by atoms with van der Waals surface area (Å²) in [6, 6.07) is 27.5. The third-order valence-electron chi connectivity index (χ3n) is 4.68. The van der Waals surface area contributed by atoms with Gasteiger partial charge in [0.15, 0.2) is 0 Å². The summed E-state index contributed by atoms with van der Waals surface area (Å²) in [5.74, 6) is 1.14. The van der Waals surface area contributed by atoms with E-state index >= 15 is 0 Å². The molecule has 0 amide bonds. The lowest BCUT2D eigenvalue weighted by Gasteiger charge is -2.20. The maximum absolute atomic E-state index is 11.5. The van der Waals surface area contributed by atoms with Crippen molar-refractivity contribution in [2.45, 2.75) is 0 Å². The molecular formula is C25H16N2O3. The summed E-state index contributed by atoms with van der Waals surface area (Å²) in [4.78, 5) is 11.0. The van der Waals surface area contributed by atoms with Gasteiger partial charge in [0, 0.05) is 22.8 Å². The van der Waals surface area contributed by atoms with Crippen molar-refractivity contribution in [2.75, 3.05) is 0 Å². The first kappa shape index (κ1) is 18.9. The zero-order valence-electron chi connectivity index (χ0n) is 15.9. The molecule has 3 aromatic rings. The molecule has 1 heterocycles. The molecule has 0 atom stereocenters. The molecule has 0 saturated carbocycles. The van der Waals surface area contributed by atoms with Crippen LogP contribution in [0.4, 0.5) is 5.69 Å². The quantitative estimate of drug-likeness (QED) is 0.311. The predicted molar refractivity (Wildman–Crippen MR) is 116 cm³/mol. The Morgan fingerprint density at radius 3 is 1.80 bits per heavy atom. The molecule has 0 aliphatic carbocycles. The van der Waals surface area contributed by atoms with Crippen LogP contribution >= 0.6 is 0 Å². The number of hydrogen-bond donors (Lipinski definition) is 0. The third-order valence-corrected chi connectivity index (χ3v) is 4.68. The van der Waals surface area contributed by atoms with E-state index in [-0.39, 0.29) is 16.8 Å². The van der Waals surface area contributed by atoms with E-state index in [1.54, 1.807) is 30.4 Å². The minimum Gasteiger partial charge on any atom is -0.456 e. The van der Waals surface area contributed by atoms with Gasteiger partial charge in [-0.25, -0.2) is 0 Å². The summed E-state index contributed by atoms with van der Waals surface area (Å²) in [6.45, 7) is 0. The Balaban J connectivity index is 1.95. The van der Waals surface area contributed by atoms with Crippen molar-refractivity contribution in [1.82, 2.24) is 0 Å². The minimum absolute atomic E-state index is 0.114. The Hall–Kier alpha value is -4.43. The van der Waals surface area contributed by atoms with Gasteiger partial charge in [-0.3, -0.25) is 10.1 Å². The van der Waals surface area contributed by atoms with Crippen LogP contribution in [0.1, 0.15) is 16.7 Å². The van der Waals surface area contributed by atoms with Gasteiger partial charge in [0.25, 0.3) is 5.69 Å². The number of rotatable bonds is 4. The van der Waals surface area contributed by atoms with Crippen LogP contribution in [-0.2, 0) is 4.74 Å². The lowest BCUT2D eigenvalue weighted by molar-refractivity contribution is -0.385. The molecule has 1 aliphatic heterocycles. The average Bonchev–Trinajstić information content (AvgIpc) is 2.81. The van der Waals surface area contributed by atoms with E-state index in [1.807, 2.05) is 60.7 Å². The Kier molecular flexibility index (Phi) is 5.23. The molecule has 0 saturated heterocycles. The molecule has 0 aromatic heterocycles. The topological polar surface area (TPSA) is 76.2 Å². The van der Waals surface area contributed by atoms with Gasteiger partial charge in [0.05, 0.1) is 16.1 Å². The minimum atomic E-state index is -0.476. The van der Waals surface area contributed by atoms with Gasteiger partial charge < -0.3 is 4.74 Å². The van der Waals surface area contributed by atoms with E-state index in [2.05, 4.69) is 6.07 Å². The zero-order chi connectivity index (χ0) is 20.9. The van der Waals surface area contributed by atoms with E-state index in [9.17, 15) is 15.4 Å². The van der Waals surface area contributed by atoms with Crippen molar-refractivity contribution in [2.24, 2.45) is 0 Å². The number of nitro groups is 1. The van der Waals surface area contributed by atoms with Crippen LogP contribution in [0.25, 0.3) is 17.1 Å². The first-order valence-corrected chi connectivity index (χ1v) is 9.27. The summed E-state index contributed by atoms with van der Waals surface area (Å²) in [6.07, 6.45) is 3.49. The molecule has 0 bridgehead atoms. The summed E-state index contributed by atoms with van der Waals surface area (Å²) in [5, 5.41) is 21.4. The lowest BCUT2D eigenvalue weighted by atomic mass is 9.95. The standard InChI is InChI=1S/C25H16N2O3/c26-17-22(21-13-7-8-14-23(21)27(28)29)20-15-24(18-9-3-1-4-10-18)30-25(16-20)19-11-5-2-6-12-19/h1-16H. The summed E-state index contributed by atoms with van der Waals surface area (Å²) < 4.78 is 6.14. The maximum atomic E-state index is 11.5. The predicted octanol–water partition coefficient (Wildman–Crippen LogP) is 5.98. The molecular weight excluding hydrogens is 376 g/mol. The first-order valence-electron chi connectivity index (χ1n) is 9.27. The number of nitrogens with zero attached hydrogens (tertiary/aromatic N) is 2. The fourth-order valence-corrected chi connectivity index (χ4v) is 3.26. The van der Waals surface area contributed by atoms with Crippen molar-refractivity contribution in [1.29, 1.82) is 5.26 Å². The van der Waals surface area contributed by atoms with E-state index in [1.165, 1.54) is 6.07 Å². The molecule has 0 unspecified atom stereocenters. The number of para-hydroxylation sites is 1. The second-order valence-electron chi connectivity index (χ2n) is 6.57. The summed E-state index contributed by atoms with van der Waals surface area (Å²) in [5.41, 5.74) is 2.61. The smallest absolute Gasteiger partial charge is 0.277 e. The van der Waals surface area contributed by atoms with Gasteiger partial charge in [-0.05, 0) is 18.2 Å². The molecule has 1 aliphatic rings. The molecule has 5 nitrogen and oxygen atoms in total. The number of ether oxygens (including phenoxy) is 1. The number of benzene rings is 3. The SMILES string of the molecule is N#CC(=C1C=C(c2ccccc2)OC(c2ccccc2)=C1)c1ccccc1[N+](=O)[O-]. The molecule has 144 valence electrons. The Bertz CT molecular complexity index is 1180. The largest absolute Gasteiger partial charge is 0.456 e. The van der Waals surface area contributed by atoms with Gasteiger partial charge >= 0.3 is 0 Å². The number of nitriles is 1. The van der Waals surface area contributed by atoms with Crippen LogP contribution in [0.5, 0.6) is 0 Å². The van der Waals surface area contributed by atoms with Crippen molar-refractivity contribution in [3.8, 4) is 6.07 Å². The fourth-order valence-electron chi connectivity index (χ4n) is 3.26. The van der Waals surface area contributed by atoms with Gasteiger partial charge in [-0.15, -0.1) is 0 Å². The molecule has 0 N–H and O–H groups in total. The third kappa shape index (κ3) is 3.75. The Labute approximate surface area is 173 Å². The van der Waals surface area contributed by atoms with Crippen molar-refractivity contribution < 1.29 is 9.66 Å². The number of nitro benzene ring substituents is 1. The molecule has 0 fully saturated rings. The van der Waals surface area contributed by atoms with E-state index < -0.39 is 4.92 Å². The second kappa shape index (κ2) is 8.29. The summed E-state index contributed by atoms with van der Waals surface area (Å²) in [7, 11) is 0. The Morgan fingerprint density at radius 2 is 1.30 bits per heavy atom. The van der Waals surface area contributed by atoms with Crippen LogP contribution in [-0.4, -0.2) is 4.92 Å². The van der Waals surface area contributed by atoms with Gasteiger partial charge in [-0.1, -0.05) is 72.8 Å². The van der Waals surface area contributed by atoms with E-state index in [4.69, 9.17) is 4.74 Å². The van der Waals surface area contributed by atoms with Gasteiger partial charge in [-0.2, -0.15) is 5.26 Å². The van der Waals surface area contributed by atoms with Crippen LogP contribution < -0.4 is 0 Å². The highest BCUT2D eigenvalue weighted by molar-refractivity contribution is 5.91. The molecule has 5 heteroatoms. The average molecular weight is 392 g/mol. The maximum Gasteiger partial charge on any atom is 0.277 e. The highest BCUT2D eigenvalue weighted by Gasteiger charge is 2.22. The molecule has 30 heavy (non-hydrogen) atoms. The van der Waals surface area contributed by atoms with Crippen LogP contribution in [0, 0.1) is 21.4 Å². The number of hydrogen-bond acceptors (Lipinski definition) is 4. The Morgan fingerprint density at radius 1 is 0.800 bits per heavy atom. The van der Waals surface area contributed by atoms with Crippen LogP contribution in [0.2, 0.25) is 0 Å². The summed E-state index contributed by atoms with van der Waals surface area (Å²) >= 11 is 0. The van der Waals surface area contributed by atoms with Gasteiger partial charge in [0.1, 0.15) is 17.6 Å².